The lowest BCUT2D eigenvalue weighted by Gasteiger charge is -2.16. The third-order valence-corrected chi connectivity index (χ3v) is 2.65. The first-order valence-corrected chi connectivity index (χ1v) is 5.95. The second kappa shape index (κ2) is 7.06. The van der Waals surface area contributed by atoms with Crippen molar-refractivity contribution < 1.29 is 9.53 Å². The normalized spacial score (nSPS) is 10.8. The standard InChI is InChI=1S/C12H21N3O2/c1-4-17-12(16)5-7-14(3)9-10-15-8-6-13-11(15)2/h6,8H,4-5,7,9-10H2,1-3H3. The van der Waals surface area contributed by atoms with Crippen LogP contribution in [0.5, 0.6) is 0 Å². The van der Waals surface area contributed by atoms with Gasteiger partial charge in [-0.05, 0) is 20.9 Å². The summed E-state index contributed by atoms with van der Waals surface area (Å²) in [5.41, 5.74) is 0. The van der Waals surface area contributed by atoms with Crippen molar-refractivity contribution in [2.45, 2.75) is 26.8 Å². The molecule has 0 aromatic carbocycles. The fourth-order valence-electron chi connectivity index (χ4n) is 1.55. The molecule has 0 radical (unpaired) electrons. The van der Waals surface area contributed by atoms with E-state index in [2.05, 4.69) is 14.5 Å². The summed E-state index contributed by atoms with van der Waals surface area (Å²) in [6.45, 7) is 6.78. The van der Waals surface area contributed by atoms with Crippen LogP contribution < -0.4 is 0 Å². The number of likely N-dealkylation sites (N-methyl/N-ethyl adjacent to an activating group) is 1. The summed E-state index contributed by atoms with van der Waals surface area (Å²) in [5.74, 6) is 0.891. The summed E-state index contributed by atoms with van der Waals surface area (Å²) in [6.07, 6.45) is 4.22. The Hall–Kier alpha value is -1.36. The van der Waals surface area contributed by atoms with Gasteiger partial charge in [-0.1, -0.05) is 0 Å². The van der Waals surface area contributed by atoms with E-state index in [-0.39, 0.29) is 5.97 Å². The van der Waals surface area contributed by atoms with Crippen molar-refractivity contribution >= 4 is 5.97 Å². The van der Waals surface area contributed by atoms with Crippen molar-refractivity contribution in [3.8, 4) is 0 Å². The van der Waals surface area contributed by atoms with Gasteiger partial charge in [0.2, 0.25) is 0 Å². The van der Waals surface area contributed by atoms with Crippen molar-refractivity contribution in [3.05, 3.63) is 18.2 Å². The molecule has 0 spiro atoms. The highest BCUT2D eigenvalue weighted by molar-refractivity contribution is 5.69. The molecule has 0 amide bonds. The number of aryl methyl sites for hydroxylation is 1. The predicted octanol–water partition coefficient (Wildman–Crippen LogP) is 1.08. The van der Waals surface area contributed by atoms with E-state index in [0.29, 0.717) is 13.0 Å². The third-order valence-electron chi connectivity index (χ3n) is 2.65. The predicted molar refractivity (Wildman–Crippen MR) is 65.7 cm³/mol. The van der Waals surface area contributed by atoms with Crippen LogP contribution in [0, 0.1) is 6.92 Å². The topological polar surface area (TPSA) is 47.4 Å². The highest BCUT2D eigenvalue weighted by Gasteiger charge is 2.05. The van der Waals surface area contributed by atoms with Crippen molar-refractivity contribution in [2.24, 2.45) is 0 Å². The molecule has 0 aliphatic carbocycles. The molecule has 5 nitrogen and oxygen atoms in total. The Morgan fingerprint density at radius 2 is 2.29 bits per heavy atom. The summed E-state index contributed by atoms with van der Waals surface area (Å²) in [5, 5.41) is 0. The molecule has 0 atom stereocenters. The molecule has 0 aliphatic rings. The van der Waals surface area contributed by atoms with E-state index in [1.54, 1.807) is 6.20 Å². The van der Waals surface area contributed by atoms with Crippen molar-refractivity contribution in [3.63, 3.8) is 0 Å². The van der Waals surface area contributed by atoms with Gasteiger partial charge < -0.3 is 14.2 Å². The van der Waals surface area contributed by atoms with E-state index >= 15 is 0 Å². The summed E-state index contributed by atoms with van der Waals surface area (Å²) in [4.78, 5) is 17.5. The van der Waals surface area contributed by atoms with Crippen LogP contribution in [0.25, 0.3) is 0 Å². The zero-order valence-corrected chi connectivity index (χ0v) is 10.8. The summed E-state index contributed by atoms with van der Waals surface area (Å²) >= 11 is 0. The number of hydrogen-bond acceptors (Lipinski definition) is 4. The first-order valence-electron chi connectivity index (χ1n) is 5.95. The summed E-state index contributed by atoms with van der Waals surface area (Å²) in [6, 6.07) is 0. The molecule has 0 saturated carbocycles. The van der Waals surface area contributed by atoms with Crippen molar-refractivity contribution in [1.82, 2.24) is 14.5 Å². The molecular formula is C12H21N3O2. The van der Waals surface area contributed by atoms with E-state index in [4.69, 9.17) is 4.74 Å². The SMILES string of the molecule is CCOC(=O)CCN(C)CCn1ccnc1C. The first kappa shape index (κ1) is 13.7. The lowest BCUT2D eigenvalue weighted by Crippen LogP contribution is -2.26. The van der Waals surface area contributed by atoms with Gasteiger partial charge in [0.25, 0.3) is 0 Å². The van der Waals surface area contributed by atoms with E-state index < -0.39 is 0 Å². The number of esters is 1. The maximum Gasteiger partial charge on any atom is 0.307 e. The second-order valence-electron chi connectivity index (χ2n) is 4.03. The summed E-state index contributed by atoms with van der Waals surface area (Å²) < 4.78 is 6.98. The Bertz CT molecular complexity index is 349. The van der Waals surface area contributed by atoms with Crippen LogP contribution >= 0.6 is 0 Å². The van der Waals surface area contributed by atoms with Crippen LogP contribution in [0.2, 0.25) is 0 Å². The molecule has 1 aromatic rings. The van der Waals surface area contributed by atoms with Gasteiger partial charge in [-0.25, -0.2) is 4.98 Å². The van der Waals surface area contributed by atoms with E-state index in [9.17, 15) is 4.79 Å². The summed E-state index contributed by atoms with van der Waals surface area (Å²) in [7, 11) is 2.01. The second-order valence-corrected chi connectivity index (χ2v) is 4.03. The molecule has 0 fully saturated rings. The number of imidazole rings is 1. The molecular weight excluding hydrogens is 218 g/mol. The highest BCUT2D eigenvalue weighted by Crippen LogP contribution is 1.97. The lowest BCUT2D eigenvalue weighted by atomic mass is 10.4. The van der Waals surface area contributed by atoms with Crippen molar-refractivity contribution in [2.75, 3.05) is 26.7 Å². The first-order chi connectivity index (χ1) is 8.13. The van der Waals surface area contributed by atoms with Gasteiger partial charge >= 0.3 is 5.97 Å². The Morgan fingerprint density at radius 3 is 2.88 bits per heavy atom. The van der Waals surface area contributed by atoms with E-state index in [1.165, 1.54) is 0 Å². The zero-order chi connectivity index (χ0) is 12.7. The van der Waals surface area contributed by atoms with Gasteiger partial charge in [0.1, 0.15) is 5.82 Å². The van der Waals surface area contributed by atoms with Crippen LogP contribution in [-0.4, -0.2) is 47.2 Å². The minimum absolute atomic E-state index is 0.127. The molecule has 0 unspecified atom stereocenters. The molecule has 5 heteroatoms. The number of carbonyl (C=O) groups excluding carboxylic acids is 1. The highest BCUT2D eigenvalue weighted by atomic mass is 16.5. The van der Waals surface area contributed by atoms with Gasteiger partial charge in [-0.2, -0.15) is 0 Å². The monoisotopic (exact) mass is 239 g/mol. The average molecular weight is 239 g/mol. The molecule has 1 aromatic heterocycles. The van der Waals surface area contributed by atoms with E-state index in [1.807, 2.05) is 27.1 Å². The minimum atomic E-state index is -0.127. The van der Waals surface area contributed by atoms with Crippen LogP contribution in [0.1, 0.15) is 19.2 Å². The molecule has 1 heterocycles. The lowest BCUT2D eigenvalue weighted by molar-refractivity contribution is -0.143. The number of rotatable bonds is 7. The van der Waals surface area contributed by atoms with Crippen LogP contribution in [-0.2, 0) is 16.1 Å². The van der Waals surface area contributed by atoms with E-state index in [0.717, 1.165) is 25.5 Å². The molecule has 0 bridgehead atoms. The van der Waals surface area contributed by atoms with Crippen LogP contribution in [0.3, 0.4) is 0 Å². The van der Waals surface area contributed by atoms with Gasteiger partial charge in [0, 0.05) is 32.0 Å². The maximum atomic E-state index is 11.2. The molecule has 0 aliphatic heterocycles. The van der Waals surface area contributed by atoms with Gasteiger partial charge in [0.15, 0.2) is 0 Å². The third kappa shape index (κ3) is 4.99. The fraction of sp³-hybridized carbons (Fsp3) is 0.667. The van der Waals surface area contributed by atoms with Gasteiger partial charge in [-0.15, -0.1) is 0 Å². The number of nitrogens with zero attached hydrogens (tertiary/aromatic N) is 3. The minimum Gasteiger partial charge on any atom is -0.466 e. The number of hydrogen-bond donors (Lipinski definition) is 0. The Morgan fingerprint density at radius 1 is 1.53 bits per heavy atom. The molecule has 0 saturated heterocycles. The molecule has 17 heavy (non-hydrogen) atoms. The largest absolute Gasteiger partial charge is 0.466 e. The average Bonchev–Trinajstić information content (AvgIpc) is 2.70. The Balaban J connectivity index is 2.19. The maximum absolute atomic E-state index is 11.2. The quantitative estimate of drug-likeness (QED) is 0.668. The fourth-order valence-corrected chi connectivity index (χ4v) is 1.55. The Kier molecular flexibility index (Phi) is 5.69. The number of aromatic nitrogens is 2. The number of ether oxygens (including phenoxy) is 1. The number of carbonyl (C=O) groups is 1. The molecule has 0 N–H and O–H groups in total. The van der Waals surface area contributed by atoms with Gasteiger partial charge in [0.05, 0.1) is 13.0 Å². The zero-order valence-electron chi connectivity index (χ0n) is 10.8. The Labute approximate surface area is 102 Å². The smallest absolute Gasteiger partial charge is 0.307 e. The molecule has 1 rings (SSSR count). The molecule has 96 valence electrons. The van der Waals surface area contributed by atoms with Crippen molar-refractivity contribution in [1.29, 1.82) is 0 Å². The van der Waals surface area contributed by atoms with Crippen LogP contribution in [0.4, 0.5) is 0 Å². The van der Waals surface area contributed by atoms with Crippen LogP contribution in [0.15, 0.2) is 12.4 Å². The van der Waals surface area contributed by atoms with Gasteiger partial charge in [-0.3, -0.25) is 4.79 Å².